The smallest absolute Gasteiger partial charge is 0.0657 e. The molecule has 3 heteroatoms. The lowest BCUT2D eigenvalue weighted by molar-refractivity contribution is 0.797. The maximum absolute atomic E-state index is 3.39. The molecule has 0 unspecified atom stereocenters. The Bertz CT molecular complexity index is 381. The topological polar surface area (TPSA) is 17.0 Å². The Balaban J connectivity index is 2.05. The highest BCUT2D eigenvalue weighted by Crippen LogP contribution is 2.10. The molecule has 2 heterocycles. The van der Waals surface area contributed by atoms with Crippen LogP contribution in [-0.4, -0.2) is 4.68 Å². The lowest BCUT2D eigenvalue weighted by atomic mass is 10.5. The van der Waals surface area contributed by atoms with Crippen molar-refractivity contribution in [1.29, 1.82) is 0 Å². The van der Waals surface area contributed by atoms with Gasteiger partial charge in [0.25, 0.3) is 0 Å². The third-order valence-corrected chi connectivity index (χ3v) is 3.14. The summed E-state index contributed by atoms with van der Waals surface area (Å²) in [5.41, 5.74) is 5.89. The Morgan fingerprint density at radius 3 is 2.50 bits per heavy atom. The summed E-state index contributed by atoms with van der Waals surface area (Å²) in [4.78, 5) is 1.36. The van der Waals surface area contributed by atoms with E-state index in [0.717, 1.165) is 6.54 Å². The van der Waals surface area contributed by atoms with E-state index in [4.69, 9.17) is 0 Å². The van der Waals surface area contributed by atoms with Gasteiger partial charge in [-0.3, -0.25) is 4.68 Å². The molecule has 1 N–H and O–H groups in total. The standard InChI is InChI=1S/C11H14N2S/c1-9-5-6-10(2)13(9)12-8-11-4-3-7-14-11/h3-7,12H,8H2,1-2H3. The second kappa shape index (κ2) is 3.88. The first-order chi connectivity index (χ1) is 6.77. The van der Waals surface area contributed by atoms with Crippen molar-refractivity contribution in [1.82, 2.24) is 4.68 Å². The minimum atomic E-state index is 0.897. The molecule has 2 rings (SSSR count). The van der Waals surface area contributed by atoms with Gasteiger partial charge >= 0.3 is 0 Å². The van der Waals surface area contributed by atoms with Crippen LogP contribution in [-0.2, 0) is 6.54 Å². The van der Waals surface area contributed by atoms with Gasteiger partial charge in [0.05, 0.1) is 6.54 Å². The van der Waals surface area contributed by atoms with Crippen LogP contribution in [0.4, 0.5) is 0 Å². The minimum absolute atomic E-state index is 0.897. The highest BCUT2D eigenvalue weighted by molar-refractivity contribution is 7.09. The van der Waals surface area contributed by atoms with Crippen molar-refractivity contribution < 1.29 is 0 Å². The molecule has 0 aliphatic rings. The van der Waals surface area contributed by atoms with Crippen LogP contribution in [0.1, 0.15) is 16.3 Å². The average Bonchev–Trinajstić information content (AvgIpc) is 2.76. The highest BCUT2D eigenvalue weighted by Gasteiger charge is 1.99. The van der Waals surface area contributed by atoms with Gasteiger partial charge in [-0.15, -0.1) is 11.3 Å². The molecule has 14 heavy (non-hydrogen) atoms. The summed E-state index contributed by atoms with van der Waals surface area (Å²) in [7, 11) is 0. The van der Waals surface area contributed by atoms with E-state index in [0.29, 0.717) is 0 Å². The van der Waals surface area contributed by atoms with Crippen molar-refractivity contribution in [2.75, 3.05) is 5.43 Å². The van der Waals surface area contributed by atoms with Crippen LogP contribution in [0, 0.1) is 13.8 Å². The molecule has 0 saturated heterocycles. The number of thiophene rings is 1. The van der Waals surface area contributed by atoms with E-state index in [2.05, 4.69) is 53.6 Å². The predicted octanol–water partition coefficient (Wildman–Crippen LogP) is 2.91. The lowest BCUT2D eigenvalue weighted by Gasteiger charge is -2.11. The number of hydrogen-bond donors (Lipinski definition) is 1. The molecule has 0 bridgehead atoms. The highest BCUT2D eigenvalue weighted by atomic mass is 32.1. The molecule has 0 saturated carbocycles. The van der Waals surface area contributed by atoms with Gasteiger partial charge in [-0.2, -0.15) is 0 Å². The minimum Gasteiger partial charge on any atom is -0.321 e. The maximum Gasteiger partial charge on any atom is 0.0657 e. The molecule has 2 aromatic rings. The Morgan fingerprint density at radius 1 is 1.21 bits per heavy atom. The van der Waals surface area contributed by atoms with E-state index in [1.165, 1.54) is 16.3 Å². The molecule has 0 aliphatic carbocycles. The molecule has 74 valence electrons. The van der Waals surface area contributed by atoms with Crippen molar-refractivity contribution in [2.45, 2.75) is 20.4 Å². The molecule has 0 amide bonds. The fourth-order valence-corrected chi connectivity index (χ4v) is 2.12. The van der Waals surface area contributed by atoms with Crippen molar-refractivity contribution in [2.24, 2.45) is 0 Å². The van der Waals surface area contributed by atoms with Crippen molar-refractivity contribution in [3.8, 4) is 0 Å². The molecular formula is C11H14N2S. The second-order valence-corrected chi connectivity index (χ2v) is 4.40. The summed E-state index contributed by atoms with van der Waals surface area (Å²) in [6.07, 6.45) is 0. The average molecular weight is 206 g/mol. The summed E-state index contributed by atoms with van der Waals surface area (Å²) >= 11 is 1.78. The summed E-state index contributed by atoms with van der Waals surface area (Å²) in [5.74, 6) is 0. The van der Waals surface area contributed by atoms with E-state index in [1.54, 1.807) is 11.3 Å². The normalized spacial score (nSPS) is 10.4. The van der Waals surface area contributed by atoms with Gasteiger partial charge in [0.2, 0.25) is 0 Å². The Kier molecular flexibility index (Phi) is 2.59. The van der Waals surface area contributed by atoms with Crippen LogP contribution in [0.25, 0.3) is 0 Å². The van der Waals surface area contributed by atoms with E-state index >= 15 is 0 Å². The van der Waals surface area contributed by atoms with Gasteiger partial charge in [0.1, 0.15) is 0 Å². The summed E-state index contributed by atoms with van der Waals surface area (Å²) in [6.45, 7) is 5.11. The van der Waals surface area contributed by atoms with Crippen LogP contribution < -0.4 is 5.43 Å². The largest absolute Gasteiger partial charge is 0.321 e. The first-order valence-corrected chi connectivity index (χ1v) is 5.56. The van der Waals surface area contributed by atoms with Gasteiger partial charge < -0.3 is 5.43 Å². The van der Waals surface area contributed by atoms with E-state index in [-0.39, 0.29) is 0 Å². The Morgan fingerprint density at radius 2 is 1.93 bits per heavy atom. The zero-order chi connectivity index (χ0) is 9.97. The first kappa shape index (κ1) is 9.34. The van der Waals surface area contributed by atoms with Crippen LogP contribution in [0.2, 0.25) is 0 Å². The van der Waals surface area contributed by atoms with Crippen molar-refractivity contribution in [3.63, 3.8) is 0 Å². The van der Waals surface area contributed by atoms with Crippen LogP contribution >= 0.6 is 11.3 Å². The zero-order valence-electron chi connectivity index (χ0n) is 8.45. The van der Waals surface area contributed by atoms with Crippen LogP contribution in [0.15, 0.2) is 29.6 Å². The van der Waals surface area contributed by atoms with Crippen LogP contribution in [0.3, 0.4) is 0 Å². The Hall–Kier alpha value is -1.22. The van der Waals surface area contributed by atoms with Crippen LogP contribution in [0.5, 0.6) is 0 Å². The molecule has 2 aromatic heterocycles. The summed E-state index contributed by atoms with van der Waals surface area (Å²) in [5, 5.41) is 2.10. The first-order valence-electron chi connectivity index (χ1n) is 4.68. The van der Waals surface area contributed by atoms with Gasteiger partial charge in [-0.1, -0.05) is 6.07 Å². The molecular weight excluding hydrogens is 192 g/mol. The van der Waals surface area contributed by atoms with Gasteiger partial charge in [-0.05, 0) is 37.4 Å². The number of aryl methyl sites for hydroxylation is 2. The Labute approximate surface area is 88.2 Å². The summed E-state index contributed by atoms with van der Waals surface area (Å²) in [6, 6.07) is 8.47. The van der Waals surface area contributed by atoms with Gasteiger partial charge in [0, 0.05) is 16.3 Å². The van der Waals surface area contributed by atoms with Crippen molar-refractivity contribution >= 4 is 11.3 Å². The van der Waals surface area contributed by atoms with Gasteiger partial charge in [-0.25, -0.2) is 0 Å². The number of hydrogen-bond acceptors (Lipinski definition) is 2. The van der Waals surface area contributed by atoms with Gasteiger partial charge in [0.15, 0.2) is 0 Å². The third kappa shape index (κ3) is 1.82. The number of rotatable bonds is 3. The molecule has 0 spiro atoms. The molecule has 0 aromatic carbocycles. The molecule has 0 atom stereocenters. The van der Waals surface area contributed by atoms with E-state index in [9.17, 15) is 0 Å². The molecule has 0 fully saturated rings. The molecule has 0 aliphatic heterocycles. The molecule has 2 nitrogen and oxygen atoms in total. The van der Waals surface area contributed by atoms with E-state index < -0.39 is 0 Å². The maximum atomic E-state index is 3.39. The fraction of sp³-hybridized carbons (Fsp3) is 0.273. The number of aromatic nitrogens is 1. The molecule has 0 radical (unpaired) electrons. The van der Waals surface area contributed by atoms with Crippen molar-refractivity contribution in [3.05, 3.63) is 45.9 Å². The predicted molar refractivity (Wildman–Crippen MR) is 61.3 cm³/mol. The third-order valence-electron chi connectivity index (χ3n) is 2.26. The SMILES string of the molecule is Cc1ccc(C)n1NCc1cccs1. The van der Waals surface area contributed by atoms with E-state index in [1.807, 2.05) is 0 Å². The monoisotopic (exact) mass is 206 g/mol. The fourth-order valence-electron chi connectivity index (χ4n) is 1.49. The number of nitrogens with one attached hydrogen (secondary N) is 1. The quantitative estimate of drug-likeness (QED) is 0.817. The lowest BCUT2D eigenvalue weighted by Crippen LogP contribution is -2.16. The summed E-state index contributed by atoms with van der Waals surface area (Å²) < 4.78 is 2.12. The second-order valence-electron chi connectivity index (χ2n) is 3.37. The number of nitrogens with zero attached hydrogens (tertiary/aromatic N) is 1. The zero-order valence-corrected chi connectivity index (χ0v) is 9.27.